The molecule has 0 saturated heterocycles. The van der Waals surface area contributed by atoms with Gasteiger partial charge in [-0.2, -0.15) is 5.10 Å². The van der Waals surface area contributed by atoms with E-state index in [4.69, 9.17) is 0 Å². The Labute approximate surface area is 144 Å². The van der Waals surface area contributed by atoms with Gasteiger partial charge in [0.15, 0.2) is 5.65 Å². The van der Waals surface area contributed by atoms with E-state index in [1.807, 2.05) is 22.6 Å². The van der Waals surface area contributed by atoms with Gasteiger partial charge in [0.1, 0.15) is 0 Å². The molecule has 1 amide bonds. The second kappa shape index (κ2) is 5.70. The van der Waals surface area contributed by atoms with Crippen molar-refractivity contribution >= 4 is 28.3 Å². The average molecular weight is 340 g/mol. The van der Waals surface area contributed by atoms with E-state index in [-0.39, 0.29) is 11.9 Å². The summed E-state index contributed by atoms with van der Waals surface area (Å²) >= 11 is 1.79. The van der Waals surface area contributed by atoms with Crippen LogP contribution in [0.5, 0.6) is 0 Å². The standard InChI is InChI=1S/C18H20N4OS/c1-11(2)22-17-15(9-19-22)14(8-12(3)20-17)18(23)21-6-4-16-13(10-21)5-7-24-16/h5,7-9,11H,4,6,10H2,1-3H3. The molecule has 6 heteroatoms. The smallest absolute Gasteiger partial charge is 0.255 e. The monoisotopic (exact) mass is 340 g/mol. The lowest BCUT2D eigenvalue weighted by atomic mass is 10.1. The lowest BCUT2D eigenvalue weighted by molar-refractivity contribution is 0.0737. The van der Waals surface area contributed by atoms with Gasteiger partial charge in [0.05, 0.1) is 17.1 Å². The Balaban J connectivity index is 1.75. The number of carbonyl (C=O) groups is 1. The van der Waals surface area contributed by atoms with E-state index in [9.17, 15) is 4.79 Å². The fraction of sp³-hybridized carbons (Fsp3) is 0.389. The third-order valence-corrected chi connectivity index (χ3v) is 5.53. The molecule has 0 bridgehead atoms. The van der Waals surface area contributed by atoms with Crippen LogP contribution in [0.25, 0.3) is 11.0 Å². The number of aryl methyl sites for hydroxylation is 1. The summed E-state index contributed by atoms with van der Waals surface area (Å²) in [7, 11) is 0. The predicted molar refractivity (Wildman–Crippen MR) is 95.4 cm³/mol. The number of carbonyl (C=O) groups excluding carboxylic acids is 1. The normalized spacial score (nSPS) is 14.4. The van der Waals surface area contributed by atoms with Gasteiger partial charge in [0, 0.05) is 29.7 Å². The Morgan fingerprint density at radius 3 is 3.00 bits per heavy atom. The van der Waals surface area contributed by atoms with Crippen LogP contribution >= 0.6 is 11.3 Å². The Hall–Kier alpha value is -2.21. The van der Waals surface area contributed by atoms with Crippen LogP contribution in [0, 0.1) is 6.92 Å². The van der Waals surface area contributed by atoms with Crippen LogP contribution in [0.15, 0.2) is 23.7 Å². The van der Waals surface area contributed by atoms with E-state index in [0.717, 1.165) is 29.7 Å². The van der Waals surface area contributed by atoms with Gasteiger partial charge in [-0.3, -0.25) is 4.79 Å². The van der Waals surface area contributed by atoms with Gasteiger partial charge >= 0.3 is 0 Å². The van der Waals surface area contributed by atoms with Gasteiger partial charge in [-0.25, -0.2) is 9.67 Å². The van der Waals surface area contributed by atoms with E-state index in [1.165, 1.54) is 10.4 Å². The van der Waals surface area contributed by atoms with Crippen LogP contribution in [0.1, 0.15) is 46.4 Å². The van der Waals surface area contributed by atoms with Crippen molar-refractivity contribution in [3.63, 3.8) is 0 Å². The van der Waals surface area contributed by atoms with Gasteiger partial charge in [-0.15, -0.1) is 11.3 Å². The maximum Gasteiger partial charge on any atom is 0.255 e. The van der Waals surface area contributed by atoms with Crippen molar-refractivity contribution < 1.29 is 4.79 Å². The van der Waals surface area contributed by atoms with Gasteiger partial charge in [0.2, 0.25) is 0 Å². The van der Waals surface area contributed by atoms with Crippen LogP contribution in [0.4, 0.5) is 0 Å². The van der Waals surface area contributed by atoms with E-state index in [2.05, 4.69) is 35.4 Å². The molecule has 3 aromatic rings. The number of hydrogen-bond donors (Lipinski definition) is 0. The molecule has 124 valence electrons. The lowest BCUT2D eigenvalue weighted by Gasteiger charge is -2.27. The summed E-state index contributed by atoms with van der Waals surface area (Å²) in [5.74, 6) is 0.0747. The molecule has 0 aliphatic carbocycles. The van der Waals surface area contributed by atoms with Gasteiger partial charge < -0.3 is 4.90 Å². The van der Waals surface area contributed by atoms with Crippen molar-refractivity contribution in [3.05, 3.63) is 45.4 Å². The first kappa shape index (κ1) is 15.3. The molecule has 0 unspecified atom stereocenters. The zero-order valence-corrected chi connectivity index (χ0v) is 14.9. The quantitative estimate of drug-likeness (QED) is 0.716. The molecule has 0 atom stereocenters. The molecule has 3 aromatic heterocycles. The van der Waals surface area contributed by atoms with E-state index >= 15 is 0 Å². The minimum atomic E-state index is 0.0747. The van der Waals surface area contributed by atoms with Crippen molar-refractivity contribution in [1.29, 1.82) is 0 Å². The molecular weight excluding hydrogens is 320 g/mol. The number of rotatable bonds is 2. The second-order valence-corrected chi connectivity index (χ2v) is 7.58. The Morgan fingerprint density at radius 1 is 1.38 bits per heavy atom. The molecule has 1 aliphatic heterocycles. The number of pyridine rings is 1. The molecule has 0 radical (unpaired) electrons. The third kappa shape index (κ3) is 2.41. The summed E-state index contributed by atoms with van der Waals surface area (Å²) in [5, 5.41) is 7.39. The van der Waals surface area contributed by atoms with Crippen LogP contribution in [0.2, 0.25) is 0 Å². The number of nitrogens with zero attached hydrogens (tertiary/aromatic N) is 4. The topological polar surface area (TPSA) is 51.0 Å². The van der Waals surface area contributed by atoms with E-state index in [0.29, 0.717) is 12.1 Å². The predicted octanol–water partition coefficient (Wildman–Crippen LogP) is 3.58. The van der Waals surface area contributed by atoms with Crippen molar-refractivity contribution in [2.24, 2.45) is 0 Å². The highest BCUT2D eigenvalue weighted by atomic mass is 32.1. The third-order valence-electron chi connectivity index (χ3n) is 4.51. The molecule has 24 heavy (non-hydrogen) atoms. The number of thiophene rings is 1. The average Bonchev–Trinajstić information content (AvgIpc) is 3.18. The zero-order chi connectivity index (χ0) is 16.8. The summed E-state index contributed by atoms with van der Waals surface area (Å²) in [5.41, 5.74) is 3.63. The van der Waals surface area contributed by atoms with Crippen molar-refractivity contribution in [2.75, 3.05) is 6.54 Å². The van der Waals surface area contributed by atoms with Crippen molar-refractivity contribution in [3.8, 4) is 0 Å². The summed E-state index contributed by atoms with van der Waals surface area (Å²) in [6, 6.07) is 4.23. The molecular formula is C18H20N4OS. The number of aromatic nitrogens is 3. The summed E-state index contributed by atoms with van der Waals surface area (Å²) in [6.45, 7) is 7.54. The summed E-state index contributed by atoms with van der Waals surface area (Å²) in [4.78, 5) is 21.1. The summed E-state index contributed by atoms with van der Waals surface area (Å²) < 4.78 is 1.88. The largest absolute Gasteiger partial charge is 0.334 e. The highest BCUT2D eigenvalue weighted by Gasteiger charge is 2.25. The highest BCUT2D eigenvalue weighted by molar-refractivity contribution is 7.10. The molecule has 0 fully saturated rings. The number of fused-ring (bicyclic) bond motifs is 2. The van der Waals surface area contributed by atoms with E-state index in [1.54, 1.807) is 17.5 Å². The highest BCUT2D eigenvalue weighted by Crippen LogP contribution is 2.27. The van der Waals surface area contributed by atoms with Crippen molar-refractivity contribution in [1.82, 2.24) is 19.7 Å². The molecule has 0 spiro atoms. The molecule has 0 saturated carbocycles. The maximum atomic E-state index is 13.1. The first-order chi connectivity index (χ1) is 11.5. The fourth-order valence-corrected chi connectivity index (χ4v) is 4.18. The molecule has 4 rings (SSSR count). The van der Waals surface area contributed by atoms with Gasteiger partial charge in [0.25, 0.3) is 5.91 Å². The lowest BCUT2D eigenvalue weighted by Crippen LogP contribution is -2.35. The first-order valence-corrected chi connectivity index (χ1v) is 9.12. The molecule has 0 aromatic carbocycles. The SMILES string of the molecule is Cc1cc(C(=O)N2CCc3sccc3C2)c2cnn(C(C)C)c2n1. The molecule has 4 heterocycles. The summed E-state index contributed by atoms with van der Waals surface area (Å²) in [6.07, 6.45) is 2.71. The molecule has 0 N–H and O–H groups in total. The minimum absolute atomic E-state index is 0.0747. The second-order valence-electron chi connectivity index (χ2n) is 6.58. The van der Waals surface area contributed by atoms with Crippen LogP contribution < -0.4 is 0 Å². The Morgan fingerprint density at radius 2 is 2.21 bits per heavy atom. The molecule has 5 nitrogen and oxygen atoms in total. The van der Waals surface area contributed by atoms with Crippen LogP contribution in [-0.4, -0.2) is 32.1 Å². The molecule has 1 aliphatic rings. The van der Waals surface area contributed by atoms with Gasteiger partial charge in [-0.05, 0) is 50.3 Å². The zero-order valence-electron chi connectivity index (χ0n) is 14.1. The van der Waals surface area contributed by atoms with Crippen molar-refractivity contribution in [2.45, 2.75) is 39.8 Å². The minimum Gasteiger partial charge on any atom is -0.334 e. The first-order valence-electron chi connectivity index (χ1n) is 8.24. The Bertz CT molecular complexity index is 924. The fourth-order valence-electron chi connectivity index (χ4n) is 3.29. The number of hydrogen-bond acceptors (Lipinski definition) is 4. The maximum absolute atomic E-state index is 13.1. The number of amides is 1. The Kier molecular flexibility index (Phi) is 3.64. The van der Waals surface area contributed by atoms with E-state index < -0.39 is 0 Å². The van der Waals surface area contributed by atoms with Crippen LogP contribution in [0.3, 0.4) is 0 Å². The van der Waals surface area contributed by atoms with Gasteiger partial charge in [-0.1, -0.05) is 0 Å². The van der Waals surface area contributed by atoms with Crippen LogP contribution in [-0.2, 0) is 13.0 Å².